The van der Waals surface area contributed by atoms with Crippen LogP contribution in [-0.4, -0.2) is 110 Å². The van der Waals surface area contributed by atoms with Gasteiger partial charge in [0.25, 0.3) is 0 Å². The molecule has 6 N–H and O–H groups in total. The Morgan fingerprint density at radius 1 is 0.947 bits per heavy atom. The Morgan fingerprint density at radius 3 is 2.14 bits per heavy atom. The van der Waals surface area contributed by atoms with E-state index in [-0.39, 0.29) is 130 Å². The number of benzene rings is 2. The van der Waals surface area contributed by atoms with Gasteiger partial charge in [0, 0.05) is 112 Å². The van der Waals surface area contributed by atoms with Gasteiger partial charge in [0.1, 0.15) is 36.1 Å². The Kier molecular flexibility index (Phi) is 14.4. The molecule has 1 saturated heterocycles. The predicted octanol–water partition coefficient (Wildman–Crippen LogP) is 2.13. The van der Waals surface area contributed by atoms with Gasteiger partial charge in [-0.1, -0.05) is 62.4 Å². The molecule has 4 fully saturated rings. The number of carbonyl (C=O) groups is 4. The number of ketones is 1. The molecule has 2 bridgehead atoms. The van der Waals surface area contributed by atoms with Gasteiger partial charge in [-0.05, 0) is 61.4 Å². The summed E-state index contributed by atoms with van der Waals surface area (Å²) in [6, 6.07) is 15.8. The molecule has 4 aliphatic carbocycles. The van der Waals surface area contributed by atoms with E-state index in [1.165, 1.54) is 26.0 Å². The van der Waals surface area contributed by atoms with E-state index in [9.17, 15) is 44.7 Å². The van der Waals surface area contributed by atoms with Gasteiger partial charge in [-0.3, -0.25) is 4.79 Å². The molecule has 302 valence electrons. The fraction of sp³-hybridized carbons (Fsp3) is 0.561. The minimum atomic E-state index is -2.28. The topological polar surface area (TPSA) is 218 Å². The van der Waals surface area contributed by atoms with Gasteiger partial charge in [-0.15, -0.1) is 0 Å². The molecule has 5 aliphatic rings. The number of aliphatic hydroxyl groups is 5. The normalized spacial score (nSPS) is 34.8. The zero-order chi connectivity index (χ0) is 39.7. The van der Waals surface area contributed by atoms with Gasteiger partial charge in [0.15, 0.2) is 11.9 Å². The number of ether oxygens (including phenoxy) is 4. The maximum atomic E-state index is 14.7. The van der Waals surface area contributed by atoms with Crippen molar-refractivity contribution in [1.29, 1.82) is 0 Å². The molecule has 1 aliphatic heterocycles. The first-order valence-corrected chi connectivity index (χ1v) is 18.7. The first-order chi connectivity index (χ1) is 25.9. The third kappa shape index (κ3) is 8.13. The number of amides is 1. The van der Waals surface area contributed by atoms with E-state index < -0.39 is 101 Å². The van der Waals surface area contributed by atoms with E-state index in [1.807, 2.05) is 6.07 Å². The number of alkyl carbamates (subject to hydrolysis) is 1. The summed E-state index contributed by atoms with van der Waals surface area (Å²) >= 11 is 0. The predicted molar refractivity (Wildman–Crippen MR) is 192 cm³/mol. The number of hydrogen-bond acceptors (Lipinski definition) is 13. The van der Waals surface area contributed by atoms with Crippen molar-refractivity contribution in [2.45, 2.75) is 114 Å². The second kappa shape index (κ2) is 17.6. The summed E-state index contributed by atoms with van der Waals surface area (Å²) in [5.74, 6) is -4.67. The summed E-state index contributed by atoms with van der Waals surface area (Å²) in [4.78, 5) is 55.2. The minimum Gasteiger partial charge on any atom is -0.456 e. The van der Waals surface area contributed by atoms with E-state index in [2.05, 4.69) is 5.32 Å². The standard InChI is InChI=1S/C41H49NO13.2Ac/c1-21-25(54-36(48)31(45)29(23-15-16-23)42-37(49)52-19-22-11-7-5-8-12-22)18-41(51)34(55-35(47)24-13-9-6-10-14-24)32-39(4,26(43)17-27-40(32,50)20-53-27)33(46)30(44)28(21)38(41,2)3;;/h5-14,23,25-27,29-32,34,43-45,50-51H,15-20H2,1-4H3,(H,42,49);;/t25?,26?,27?,29?,30?,31?,32?,34?,39-,40+,41?;;/m1../s1. The van der Waals surface area contributed by atoms with Crippen molar-refractivity contribution < 1.29 is 152 Å². The second-order valence-corrected chi connectivity index (χ2v) is 16.6. The van der Waals surface area contributed by atoms with Crippen molar-refractivity contribution in [3.8, 4) is 0 Å². The van der Waals surface area contributed by atoms with Gasteiger partial charge in [-0.25, -0.2) is 14.4 Å². The van der Waals surface area contributed by atoms with Crippen molar-refractivity contribution in [2.24, 2.45) is 22.7 Å². The number of aliphatic hydroxyl groups excluding tert-OH is 3. The van der Waals surface area contributed by atoms with Crippen LogP contribution in [0.2, 0.25) is 0 Å². The van der Waals surface area contributed by atoms with Crippen LogP contribution < -0.4 is 5.32 Å². The number of fused-ring (bicyclic) bond motifs is 5. The maximum absolute atomic E-state index is 14.7. The van der Waals surface area contributed by atoms with E-state index >= 15 is 0 Å². The summed E-state index contributed by atoms with van der Waals surface area (Å²) in [7, 11) is 0. The Labute approximate surface area is 402 Å². The number of nitrogens with one attached hydrogen (secondary N) is 1. The molecule has 2 aromatic rings. The monoisotopic (exact) mass is 1220 g/mol. The molecule has 1 amide bonds. The zero-order valence-corrected chi connectivity index (χ0v) is 41.9. The summed E-state index contributed by atoms with van der Waals surface area (Å²) in [5, 5.41) is 63.0. The summed E-state index contributed by atoms with van der Waals surface area (Å²) in [6.07, 6.45) is -9.64. The number of carbonyl (C=O) groups excluding carboxylic acids is 4. The molecule has 57 heavy (non-hydrogen) atoms. The van der Waals surface area contributed by atoms with Gasteiger partial charge >= 0.3 is 18.0 Å². The largest absolute Gasteiger partial charge is 0.456 e. The van der Waals surface area contributed by atoms with Crippen molar-refractivity contribution in [1.82, 2.24) is 5.32 Å². The summed E-state index contributed by atoms with van der Waals surface area (Å²) in [6.45, 7) is 5.70. The molecule has 14 nitrogen and oxygen atoms in total. The molecular formula is C41H49Ac2NO13. The van der Waals surface area contributed by atoms with Crippen LogP contribution in [0.4, 0.5) is 4.79 Å². The molecule has 16 heteroatoms. The van der Waals surface area contributed by atoms with Crippen molar-refractivity contribution >= 4 is 23.8 Å². The van der Waals surface area contributed by atoms with Crippen LogP contribution in [0, 0.1) is 111 Å². The number of hydrogen-bond donors (Lipinski definition) is 6. The molecule has 0 spiro atoms. The number of Topliss-reactive ketones (excluding diaryl/α,β-unsaturated/α-hetero) is 1. The fourth-order valence-corrected chi connectivity index (χ4v) is 9.54. The fourth-order valence-electron chi connectivity index (χ4n) is 9.54. The number of rotatable bonds is 9. The SMILES string of the molecule is CC1=C2C(O)C(=O)[C@]3(C)C(O)CC4OC[C@@]4(O)C3C(OC(=O)c3ccccc3)C(O)(CC1OC(=O)C(O)C(NC(=O)OCc1ccccc1)C1CC1)C2(C)C.[Ac].[Ac]. The van der Waals surface area contributed by atoms with Gasteiger partial charge in [0.05, 0.1) is 35.8 Å². The van der Waals surface area contributed by atoms with Gasteiger partial charge < -0.3 is 49.8 Å². The smallest absolute Gasteiger partial charge is 0.407 e. The van der Waals surface area contributed by atoms with Crippen LogP contribution in [0.3, 0.4) is 0 Å². The van der Waals surface area contributed by atoms with Crippen molar-refractivity contribution in [2.75, 3.05) is 6.61 Å². The zero-order valence-electron chi connectivity index (χ0n) is 32.4. The van der Waals surface area contributed by atoms with Crippen LogP contribution in [0.15, 0.2) is 71.8 Å². The molecule has 7 rings (SSSR count). The Balaban J connectivity index is 0.00000310. The van der Waals surface area contributed by atoms with E-state index in [1.54, 1.807) is 56.3 Å². The van der Waals surface area contributed by atoms with Crippen LogP contribution >= 0.6 is 0 Å². The minimum absolute atomic E-state index is 0. The van der Waals surface area contributed by atoms with Gasteiger partial charge in [-0.2, -0.15) is 0 Å². The van der Waals surface area contributed by atoms with Crippen molar-refractivity contribution in [3.63, 3.8) is 0 Å². The van der Waals surface area contributed by atoms with E-state index in [4.69, 9.17) is 18.9 Å². The molecule has 1 heterocycles. The average molecular weight is 1220 g/mol. The molecule has 3 saturated carbocycles. The molecule has 2 radical (unpaired) electrons. The number of esters is 2. The molecule has 11 atom stereocenters. The van der Waals surface area contributed by atoms with Crippen LogP contribution in [0.25, 0.3) is 0 Å². The van der Waals surface area contributed by atoms with Gasteiger partial charge in [0.2, 0.25) is 0 Å². The van der Waals surface area contributed by atoms with Crippen molar-refractivity contribution in [3.05, 3.63) is 82.9 Å². The summed E-state index contributed by atoms with van der Waals surface area (Å²) < 4.78 is 23.1. The second-order valence-electron chi connectivity index (χ2n) is 16.6. The Morgan fingerprint density at radius 2 is 1.56 bits per heavy atom. The molecule has 0 aromatic heterocycles. The van der Waals surface area contributed by atoms with E-state index in [0.717, 1.165) is 5.56 Å². The Hall–Kier alpha value is -1.30. The van der Waals surface area contributed by atoms with E-state index in [0.29, 0.717) is 12.8 Å². The first kappa shape index (κ1) is 46.8. The van der Waals surface area contributed by atoms with Crippen LogP contribution in [0.5, 0.6) is 0 Å². The Bertz CT molecular complexity index is 1880. The third-order valence-corrected chi connectivity index (χ3v) is 13.1. The van der Waals surface area contributed by atoms with Crippen LogP contribution in [0.1, 0.15) is 69.3 Å². The first-order valence-electron chi connectivity index (χ1n) is 18.7. The summed E-state index contributed by atoms with van der Waals surface area (Å²) in [5.41, 5.74) is -6.66. The molecular weight excluding hydrogens is 1170 g/mol. The molecule has 2 aromatic carbocycles. The average Bonchev–Trinajstić information content (AvgIpc) is 4.01. The quantitative estimate of drug-likeness (QED) is 0.121. The van der Waals surface area contributed by atoms with Crippen LogP contribution in [-0.2, 0) is 35.1 Å². The maximum Gasteiger partial charge on any atom is 0.407 e. The third-order valence-electron chi connectivity index (χ3n) is 13.1. The molecule has 9 unspecified atom stereocenters.